The van der Waals surface area contributed by atoms with Gasteiger partial charge in [-0.2, -0.15) is 18.6 Å². The molecule has 0 spiro atoms. The van der Waals surface area contributed by atoms with Crippen molar-refractivity contribution >= 4 is 26.7 Å². The summed E-state index contributed by atoms with van der Waals surface area (Å²) in [6.45, 7) is 4.01. The lowest BCUT2D eigenvalue weighted by Gasteiger charge is -2.08. The molecule has 0 aliphatic heterocycles. The molecular weight excluding hydrogens is 292 g/mol. The van der Waals surface area contributed by atoms with Gasteiger partial charge in [-0.05, 0) is 26.0 Å². The van der Waals surface area contributed by atoms with E-state index in [2.05, 4.69) is 25.0 Å². The number of nitrogens with zero attached hydrogens (tertiary/aromatic N) is 4. The van der Waals surface area contributed by atoms with Gasteiger partial charge in [-0.1, -0.05) is 0 Å². The van der Waals surface area contributed by atoms with Crippen LogP contribution in [0.1, 0.15) is 19.9 Å². The second kappa shape index (κ2) is 4.85. The van der Waals surface area contributed by atoms with Crippen LogP contribution in [0.25, 0.3) is 11.0 Å². The molecule has 3 heterocycles. The topological polar surface area (TPSA) is 106 Å². The summed E-state index contributed by atoms with van der Waals surface area (Å²) in [6, 6.07) is 3.26. The Morgan fingerprint density at radius 1 is 1.33 bits per heavy atom. The third-order valence-corrected chi connectivity index (χ3v) is 4.25. The smallest absolute Gasteiger partial charge is 0.277 e. The maximum absolute atomic E-state index is 12.1. The first-order valence-electron chi connectivity index (χ1n) is 6.33. The molecule has 0 atom stereocenters. The van der Waals surface area contributed by atoms with E-state index in [1.54, 1.807) is 16.9 Å². The van der Waals surface area contributed by atoms with Crippen molar-refractivity contribution in [1.29, 1.82) is 0 Å². The van der Waals surface area contributed by atoms with Gasteiger partial charge in [-0.15, -0.1) is 0 Å². The van der Waals surface area contributed by atoms with Crippen LogP contribution in [0, 0.1) is 0 Å². The summed E-state index contributed by atoms with van der Waals surface area (Å²) in [5.74, 6) is 0. The van der Waals surface area contributed by atoms with Crippen molar-refractivity contribution in [3.63, 3.8) is 0 Å². The molecule has 0 unspecified atom stereocenters. The van der Waals surface area contributed by atoms with Crippen molar-refractivity contribution in [3.8, 4) is 0 Å². The number of nitrogens with one attached hydrogen (secondary N) is 2. The number of aromatic nitrogens is 5. The molecule has 0 aliphatic rings. The molecular formula is C12H14N6O2S. The Labute approximate surface area is 121 Å². The summed E-state index contributed by atoms with van der Waals surface area (Å²) in [6.07, 6.45) is 4.51. The van der Waals surface area contributed by atoms with E-state index < -0.39 is 10.0 Å². The van der Waals surface area contributed by atoms with Crippen molar-refractivity contribution < 1.29 is 8.42 Å². The van der Waals surface area contributed by atoms with E-state index in [0.717, 1.165) is 11.0 Å². The van der Waals surface area contributed by atoms with Gasteiger partial charge in [0.15, 0.2) is 10.7 Å². The highest BCUT2D eigenvalue weighted by Gasteiger charge is 2.16. The number of aromatic amines is 1. The van der Waals surface area contributed by atoms with Crippen molar-refractivity contribution in [2.75, 3.05) is 4.72 Å². The fourth-order valence-corrected chi connectivity index (χ4v) is 2.92. The summed E-state index contributed by atoms with van der Waals surface area (Å²) < 4.78 is 28.4. The van der Waals surface area contributed by atoms with Gasteiger partial charge < -0.3 is 0 Å². The average Bonchev–Trinajstić information content (AvgIpc) is 3.07. The Morgan fingerprint density at radius 2 is 2.14 bits per heavy atom. The lowest BCUT2D eigenvalue weighted by atomic mass is 10.3. The highest BCUT2D eigenvalue weighted by atomic mass is 32.2. The van der Waals surface area contributed by atoms with Crippen molar-refractivity contribution in [3.05, 3.63) is 30.7 Å². The predicted octanol–water partition coefficient (Wildman–Crippen LogP) is 1.54. The zero-order valence-corrected chi connectivity index (χ0v) is 12.3. The molecule has 8 nitrogen and oxygen atoms in total. The third-order valence-electron chi connectivity index (χ3n) is 2.94. The molecule has 3 rings (SSSR count). The molecule has 9 heteroatoms. The molecule has 0 amide bonds. The molecule has 3 aromatic rings. The zero-order chi connectivity index (χ0) is 15.0. The van der Waals surface area contributed by atoms with Crippen molar-refractivity contribution in [2.24, 2.45) is 0 Å². The van der Waals surface area contributed by atoms with Crippen LogP contribution < -0.4 is 4.72 Å². The molecule has 0 aromatic carbocycles. The van der Waals surface area contributed by atoms with Gasteiger partial charge in [0.25, 0.3) is 10.0 Å². The van der Waals surface area contributed by atoms with Gasteiger partial charge in [-0.25, -0.2) is 9.67 Å². The Hall–Kier alpha value is -2.42. The summed E-state index contributed by atoms with van der Waals surface area (Å²) in [7, 11) is -3.68. The fraction of sp³-hybridized carbons (Fsp3) is 0.250. The summed E-state index contributed by atoms with van der Waals surface area (Å²) in [4.78, 5) is 4.28. The van der Waals surface area contributed by atoms with Crippen molar-refractivity contribution in [1.82, 2.24) is 25.0 Å². The van der Waals surface area contributed by atoms with E-state index in [4.69, 9.17) is 0 Å². The first-order valence-corrected chi connectivity index (χ1v) is 7.81. The van der Waals surface area contributed by atoms with E-state index in [-0.39, 0.29) is 11.1 Å². The molecule has 0 radical (unpaired) electrons. The largest absolute Gasteiger partial charge is 0.278 e. The summed E-state index contributed by atoms with van der Waals surface area (Å²) >= 11 is 0. The minimum absolute atomic E-state index is 0.000438. The average molecular weight is 306 g/mol. The lowest BCUT2D eigenvalue weighted by molar-refractivity contribution is 0.546. The van der Waals surface area contributed by atoms with Crippen LogP contribution in [0.4, 0.5) is 5.69 Å². The van der Waals surface area contributed by atoms with Gasteiger partial charge in [0, 0.05) is 11.4 Å². The normalized spacial score (nSPS) is 12.1. The number of sulfonamides is 1. The van der Waals surface area contributed by atoms with Gasteiger partial charge in [0.2, 0.25) is 0 Å². The van der Waals surface area contributed by atoms with E-state index in [0.29, 0.717) is 5.69 Å². The van der Waals surface area contributed by atoms with Crippen LogP contribution >= 0.6 is 0 Å². The molecule has 0 saturated heterocycles. The summed E-state index contributed by atoms with van der Waals surface area (Å²) in [5.41, 5.74) is 1.09. The number of pyridine rings is 1. The Bertz CT molecular complexity index is 866. The van der Waals surface area contributed by atoms with Crippen LogP contribution in [0.5, 0.6) is 0 Å². The van der Waals surface area contributed by atoms with Crippen LogP contribution in [0.3, 0.4) is 0 Å². The predicted molar refractivity (Wildman–Crippen MR) is 77.3 cm³/mol. The maximum atomic E-state index is 12.1. The lowest BCUT2D eigenvalue weighted by Crippen LogP contribution is -2.13. The van der Waals surface area contributed by atoms with Crippen LogP contribution in [0.2, 0.25) is 0 Å². The van der Waals surface area contributed by atoms with Gasteiger partial charge in [0.1, 0.15) is 0 Å². The number of anilines is 1. The molecule has 0 aliphatic carbocycles. The minimum Gasteiger partial charge on any atom is -0.277 e. The summed E-state index contributed by atoms with van der Waals surface area (Å²) in [5, 5.41) is 11.1. The van der Waals surface area contributed by atoms with E-state index in [9.17, 15) is 8.42 Å². The quantitative estimate of drug-likeness (QED) is 0.760. The number of rotatable bonds is 4. The first kappa shape index (κ1) is 13.6. The minimum atomic E-state index is -3.68. The van der Waals surface area contributed by atoms with E-state index in [1.165, 1.54) is 18.5 Å². The number of fused-ring (bicyclic) bond motifs is 1. The number of H-pyrrole nitrogens is 1. The highest BCUT2D eigenvalue weighted by molar-refractivity contribution is 7.92. The molecule has 0 saturated carbocycles. The standard InChI is InChI=1S/C12H14N6O2S/c1-8(2)18-12-9(6-15-18)5-10(7-13-12)17-21(19,20)11-3-4-14-16-11/h3-8,17H,1-2H3,(H,14,16). The van der Waals surface area contributed by atoms with Gasteiger partial charge in [0.05, 0.1) is 24.3 Å². The number of hydrogen-bond acceptors (Lipinski definition) is 5. The molecule has 3 aromatic heterocycles. The SMILES string of the molecule is CC(C)n1ncc2cc(NS(=O)(=O)c3ccn[nH]3)cnc21. The van der Waals surface area contributed by atoms with Crippen LogP contribution in [-0.4, -0.2) is 33.4 Å². The fourth-order valence-electron chi connectivity index (χ4n) is 1.98. The number of hydrogen-bond donors (Lipinski definition) is 2. The van der Waals surface area contributed by atoms with Gasteiger partial charge in [-0.3, -0.25) is 9.82 Å². The zero-order valence-electron chi connectivity index (χ0n) is 11.5. The van der Waals surface area contributed by atoms with Crippen molar-refractivity contribution in [2.45, 2.75) is 24.9 Å². The highest BCUT2D eigenvalue weighted by Crippen LogP contribution is 2.20. The first-order chi connectivity index (χ1) is 9.97. The second-order valence-corrected chi connectivity index (χ2v) is 6.50. The molecule has 2 N–H and O–H groups in total. The Balaban J connectivity index is 1.96. The van der Waals surface area contributed by atoms with Crippen LogP contribution in [-0.2, 0) is 10.0 Å². The monoisotopic (exact) mass is 306 g/mol. The second-order valence-electron chi connectivity index (χ2n) is 4.85. The third kappa shape index (κ3) is 2.47. The molecule has 21 heavy (non-hydrogen) atoms. The molecule has 110 valence electrons. The van der Waals surface area contributed by atoms with Crippen LogP contribution in [0.15, 0.2) is 35.7 Å². The van der Waals surface area contributed by atoms with E-state index >= 15 is 0 Å². The van der Waals surface area contributed by atoms with E-state index in [1.807, 2.05) is 13.8 Å². The Morgan fingerprint density at radius 3 is 2.81 bits per heavy atom. The maximum Gasteiger partial charge on any atom is 0.278 e. The Kier molecular flexibility index (Phi) is 3.13. The molecule has 0 bridgehead atoms. The molecule has 0 fully saturated rings. The van der Waals surface area contributed by atoms with Gasteiger partial charge >= 0.3 is 0 Å².